The Kier molecular flexibility index (Phi) is 4.42. The van der Waals surface area contributed by atoms with Crippen molar-refractivity contribution < 1.29 is 4.79 Å². The maximum atomic E-state index is 11.9. The molecule has 104 valence electrons. The number of rotatable bonds is 3. The molecule has 0 atom stereocenters. The van der Waals surface area contributed by atoms with Crippen LogP contribution < -0.4 is 5.43 Å². The Morgan fingerprint density at radius 3 is 2.85 bits per heavy atom. The number of amides is 1. The van der Waals surface area contributed by atoms with E-state index in [-0.39, 0.29) is 5.56 Å². The van der Waals surface area contributed by atoms with Crippen LogP contribution in [0.2, 0.25) is 10.0 Å². The predicted octanol–water partition coefficient (Wildman–Crippen LogP) is 2.80. The number of hydrogen-bond donors (Lipinski definition) is 1. The van der Waals surface area contributed by atoms with Gasteiger partial charge < -0.3 is 0 Å². The number of benzene rings is 1. The fraction of sp³-hybridized carbons (Fsp3) is 0.154. The van der Waals surface area contributed by atoms with Crippen LogP contribution in [0, 0.1) is 6.92 Å². The molecule has 0 aliphatic carbocycles. The molecule has 0 spiro atoms. The first kappa shape index (κ1) is 14.6. The van der Waals surface area contributed by atoms with Crippen LogP contribution in [0.1, 0.15) is 21.6 Å². The van der Waals surface area contributed by atoms with E-state index in [1.54, 1.807) is 23.0 Å². The van der Waals surface area contributed by atoms with Crippen LogP contribution in [0.25, 0.3) is 0 Å². The van der Waals surface area contributed by atoms with Gasteiger partial charge in [-0.25, -0.2) is 5.43 Å². The molecule has 5 nitrogen and oxygen atoms in total. The molecule has 2 rings (SSSR count). The monoisotopic (exact) mass is 310 g/mol. The van der Waals surface area contributed by atoms with E-state index in [1.807, 2.05) is 14.0 Å². The van der Waals surface area contributed by atoms with Crippen molar-refractivity contribution >= 4 is 35.3 Å². The fourth-order valence-electron chi connectivity index (χ4n) is 1.64. The van der Waals surface area contributed by atoms with E-state index >= 15 is 0 Å². The zero-order valence-electron chi connectivity index (χ0n) is 10.9. The highest BCUT2D eigenvalue weighted by atomic mass is 35.5. The lowest BCUT2D eigenvalue weighted by Gasteiger charge is -2.02. The second-order valence-electron chi connectivity index (χ2n) is 4.17. The van der Waals surface area contributed by atoms with Crippen LogP contribution in [0.4, 0.5) is 0 Å². The van der Waals surface area contributed by atoms with Gasteiger partial charge >= 0.3 is 0 Å². The predicted molar refractivity (Wildman–Crippen MR) is 79.5 cm³/mol. The zero-order chi connectivity index (χ0) is 14.7. The molecule has 1 aromatic carbocycles. The summed E-state index contributed by atoms with van der Waals surface area (Å²) < 4.78 is 1.67. The van der Waals surface area contributed by atoms with Gasteiger partial charge in [-0.15, -0.1) is 0 Å². The fourth-order valence-corrected chi connectivity index (χ4v) is 2.01. The lowest BCUT2D eigenvalue weighted by Crippen LogP contribution is -2.18. The van der Waals surface area contributed by atoms with Crippen LogP contribution in [-0.4, -0.2) is 21.9 Å². The normalized spacial score (nSPS) is 11.0. The molecule has 20 heavy (non-hydrogen) atoms. The van der Waals surface area contributed by atoms with E-state index in [0.717, 1.165) is 11.3 Å². The third kappa shape index (κ3) is 3.37. The maximum absolute atomic E-state index is 11.9. The quantitative estimate of drug-likeness (QED) is 0.700. The minimum absolute atomic E-state index is 0.277. The molecule has 0 radical (unpaired) electrons. The van der Waals surface area contributed by atoms with E-state index in [4.69, 9.17) is 23.2 Å². The number of nitrogens with one attached hydrogen (secondary N) is 1. The second kappa shape index (κ2) is 6.07. The van der Waals surface area contributed by atoms with Gasteiger partial charge in [-0.1, -0.05) is 23.2 Å². The van der Waals surface area contributed by atoms with Crippen molar-refractivity contribution in [3.63, 3.8) is 0 Å². The van der Waals surface area contributed by atoms with Crippen LogP contribution >= 0.6 is 23.2 Å². The Bertz CT molecular complexity index is 679. The van der Waals surface area contributed by atoms with Crippen LogP contribution in [0.15, 0.2) is 29.5 Å². The lowest BCUT2D eigenvalue weighted by molar-refractivity contribution is 0.0955. The molecule has 1 aromatic heterocycles. The highest BCUT2D eigenvalue weighted by Gasteiger charge is 2.10. The number of aromatic nitrogens is 2. The van der Waals surface area contributed by atoms with Gasteiger partial charge in [-0.3, -0.25) is 9.48 Å². The molecule has 1 amide bonds. The first-order valence-corrected chi connectivity index (χ1v) is 6.51. The Hall–Kier alpha value is -1.85. The molecular formula is C13H12Cl2N4O. The molecule has 0 saturated heterocycles. The summed E-state index contributed by atoms with van der Waals surface area (Å²) in [4.78, 5) is 11.9. The summed E-state index contributed by atoms with van der Waals surface area (Å²) in [5, 5.41) is 8.81. The maximum Gasteiger partial charge on any atom is 0.272 e. The summed E-state index contributed by atoms with van der Waals surface area (Å²) in [7, 11) is 1.81. The summed E-state index contributed by atoms with van der Waals surface area (Å²) in [6, 6.07) is 4.67. The second-order valence-corrected chi connectivity index (χ2v) is 5.01. The highest BCUT2D eigenvalue weighted by Crippen LogP contribution is 2.20. The topological polar surface area (TPSA) is 59.3 Å². The van der Waals surface area contributed by atoms with Crippen LogP contribution in [0.5, 0.6) is 0 Å². The van der Waals surface area contributed by atoms with Gasteiger partial charge in [0.05, 0.1) is 22.5 Å². The molecule has 1 N–H and O–H groups in total. The number of nitrogens with zero attached hydrogens (tertiary/aromatic N) is 3. The summed E-state index contributed by atoms with van der Waals surface area (Å²) in [5.74, 6) is -0.421. The molecule has 2 aromatic rings. The Balaban J connectivity index is 2.09. The average Bonchev–Trinajstić information content (AvgIpc) is 2.71. The van der Waals surface area contributed by atoms with E-state index < -0.39 is 5.91 Å². The molecule has 0 fully saturated rings. The van der Waals surface area contributed by atoms with Gasteiger partial charge in [0, 0.05) is 23.8 Å². The summed E-state index contributed by atoms with van der Waals surface area (Å²) in [6.07, 6.45) is 3.33. The Morgan fingerprint density at radius 2 is 2.20 bits per heavy atom. The largest absolute Gasteiger partial charge is 0.275 e. The summed E-state index contributed by atoms with van der Waals surface area (Å²) in [6.45, 7) is 1.86. The SMILES string of the molecule is Cc1nn(C)cc1C=NNC(=O)c1cc(Cl)ccc1Cl. The molecule has 0 unspecified atom stereocenters. The van der Waals surface area contributed by atoms with E-state index in [2.05, 4.69) is 15.6 Å². The smallest absolute Gasteiger partial charge is 0.272 e. The number of aryl methyl sites for hydroxylation is 2. The van der Waals surface area contributed by atoms with Crippen LogP contribution in [-0.2, 0) is 7.05 Å². The van der Waals surface area contributed by atoms with Crippen molar-refractivity contribution in [1.82, 2.24) is 15.2 Å². The molecule has 0 aliphatic rings. The van der Waals surface area contributed by atoms with Crippen molar-refractivity contribution in [2.24, 2.45) is 12.1 Å². The summed E-state index contributed by atoms with van der Waals surface area (Å²) >= 11 is 11.8. The summed E-state index contributed by atoms with van der Waals surface area (Å²) in [5.41, 5.74) is 4.33. The van der Waals surface area contributed by atoms with Crippen molar-refractivity contribution in [1.29, 1.82) is 0 Å². The molecule has 0 saturated carbocycles. The van der Waals surface area contributed by atoms with Crippen molar-refractivity contribution in [2.75, 3.05) is 0 Å². The van der Waals surface area contributed by atoms with Crippen LogP contribution in [0.3, 0.4) is 0 Å². The van der Waals surface area contributed by atoms with Gasteiger partial charge in [-0.05, 0) is 25.1 Å². The van der Waals surface area contributed by atoms with Gasteiger partial charge in [0.15, 0.2) is 0 Å². The Labute approximate surface area is 126 Å². The Morgan fingerprint density at radius 1 is 1.45 bits per heavy atom. The minimum Gasteiger partial charge on any atom is -0.275 e. The van der Waals surface area contributed by atoms with E-state index in [9.17, 15) is 4.79 Å². The minimum atomic E-state index is -0.421. The third-order valence-electron chi connectivity index (χ3n) is 2.59. The van der Waals surface area contributed by atoms with Gasteiger partial charge in [0.25, 0.3) is 5.91 Å². The van der Waals surface area contributed by atoms with Crippen molar-refractivity contribution in [3.8, 4) is 0 Å². The lowest BCUT2D eigenvalue weighted by atomic mass is 10.2. The molecule has 7 heteroatoms. The molecule has 0 aliphatic heterocycles. The molecule has 0 bridgehead atoms. The average molecular weight is 311 g/mol. The number of carbonyl (C=O) groups is 1. The zero-order valence-corrected chi connectivity index (χ0v) is 12.4. The first-order chi connectivity index (χ1) is 9.47. The number of hydrazone groups is 1. The van der Waals surface area contributed by atoms with Crippen molar-refractivity contribution in [3.05, 3.63) is 51.3 Å². The highest BCUT2D eigenvalue weighted by molar-refractivity contribution is 6.35. The number of carbonyl (C=O) groups excluding carboxylic acids is 1. The van der Waals surface area contributed by atoms with Crippen molar-refractivity contribution in [2.45, 2.75) is 6.92 Å². The number of hydrogen-bond acceptors (Lipinski definition) is 3. The molecule has 1 heterocycles. The van der Waals surface area contributed by atoms with E-state index in [1.165, 1.54) is 12.3 Å². The van der Waals surface area contributed by atoms with Gasteiger partial charge in [-0.2, -0.15) is 10.2 Å². The standard InChI is InChI=1S/C13H12Cl2N4O/c1-8-9(7-19(2)18-8)6-16-17-13(20)11-5-10(14)3-4-12(11)15/h3-7H,1-2H3,(H,17,20). The number of halogens is 2. The van der Waals surface area contributed by atoms with Gasteiger partial charge in [0.1, 0.15) is 0 Å². The van der Waals surface area contributed by atoms with Gasteiger partial charge in [0.2, 0.25) is 0 Å². The van der Waals surface area contributed by atoms with E-state index in [0.29, 0.717) is 10.0 Å². The first-order valence-electron chi connectivity index (χ1n) is 5.76. The molecular weight excluding hydrogens is 299 g/mol. The third-order valence-corrected chi connectivity index (χ3v) is 3.16.